The third-order valence-corrected chi connectivity index (χ3v) is 4.87. The van der Waals surface area contributed by atoms with Crippen molar-refractivity contribution in [3.8, 4) is 5.69 Å². The van der Waals surface area contributed by atoms with Crippen LogP contribution in [-0.4, -0.2) is 38.3 Å². The van der Waals surface area contributed by atoms with Crippen LogP contribution in [0.15, 0.2) is 53.7 Å². The topological polar surface area (TPSA) is 85.1 Å². The molecule has 0 aliphatic carbocycles. The second-order valence-corrected chi connectivity index (χ2v) is 6.84. The Labute approximate surface area is 162 Å². The number of amides is 1. The molecule has 3 aromatic rings. The van der Waals surface area contributed by atoms with E-state index in [1.54, 1.807) is 18.5 Å². The van der Waals surface area contributed by atoms with E-state index in [9.17, 15) is 9.59 Å². The van der Waals surface area contributed by atoms with Crippen LogP contribution in [0, 0.1) is 6.92 Å². The van der Waals surface area contributed by atoms with E-state index < -0.39 is 0 Å². The van der Waals surface area contributed by atoms with E-state index in [1.807, 2.05) is 42.0 Å². The molecule has 8 heteroatoms. The Balaban J connectivity index is 1.40. The molecule has 144 valence electrons. The van der Waals surface area contributed by atoms with Gasteiger partial charge in [0, 0.05) is 42.9 Å². The molecule has 0 spiro atoms. The lowest BCUT2D eigenvalue weighted by molar-refractivity contribution is -0.117. The summed E-state index contributed by atoms with van der Waals surface area (Å²) in [6.45, 7) is 3.69. The first kappa shape index (κ1) is 18.0. The van der Waals surface area contributed by atoms with Crippen molar-refractivity contribution in [1.82, 2.24) is 19.3 Å². The molecule has 1 aliphatic heterocycles. The van der Waals surface area contributed by atoms with Gasteiger partial charge in [-0.1, -0.05) is 0 Å². The summed E-state index contributed by atoms with van der Waals surface area (Å²) in [5.74, 6) is 0.592. The molecular weight excluding hydrogens is 356 g/mol. The molecule has 0 atom stereocenters. The largest absolute Gasteiger partial charge is 0.370 e. The molecule has 4 rings (SSSR count). The van der Waals surface area contributed by atoms with Crippen LogP contribution in [0.4, 0.5) is 11.4 Å². The molecule has 1 saturated heterocycles. The Hall–Kier alpha value is -3.42. The number of nitrogens with one attached hydrogen (secondary N) is 1. The first-order valence-electron chi connectivity index (χ1n) is 9.32. The molecule has 0 saturated carbocycles. The molecule has 1 aromatic carbocycles. The number of hydrogen-bond acceptors (Lipinski definition) is 5. The maximum absolute atomic E-state index is 12.3. The number of aryl methyl sites for hydroxylation is 1. The fraction of sp³-hybridized carbons (Fsp3) is 0.300. The number of benzene rings is 1. The van der Waals surface area contributed by atoms with Gasteiger partial charge in [0.05, 0.1) is 11.9 Å². The van der Waals surface area contributed by atoms with Crippen molar-refractivity contribution in [3.63, 3.8) is 0 Å². The molecule has 1 N–H and O–H groups in total. The lowest BCUT2D eigenvalue weighted by Crippen LogP contribution is -2.30. The van der Waals surface area contributed by atoms with Crippen molar-refractivity contribution in [2.75, 3.05) is 23.3 Å². The Morgan fingerprint density at radius 3 is 2.54 bits per heavy atom. The van der Waals surface area contributed by atoms with E-state index >= 15 is 0 Å². The van der Waals surface area contributed by atoms with Gasteiger partial charge in [-0.05, 0) is 44.0 Å². The first-order valence-corrected chi connectivity index (χ1v) is 9.32. The number of imidazole rings is 1. The fourth-order valence-corrected chi connectivity index (χ4v) is 3.38. The molecule has 1 fully saturated rings. The second kappa shape index (κ2) is 7.67. The monoisotopic (exact) mass is 378 g/mol. The highest BCUT2D eigenvalue weighted by Crippen LogP contribution is 2.17. The molecule has 0 radical (unpaired) electrons. The summed E-state index contributed by atoms with van der Waals surface area (Å²) in [6, 6.07) is 8.99. The normalized spacial score (nSPS) is 13.7. The highest BCUT2D eigenvalue weighted by atomic mass is 16.2. The molecule has 2 aromatic heterocycles. The van der Waals surface area contributed by atoms with Gasteiger partial charge in [-0.2, -0.15) is 5.10 Å². The third kappa shape index (κ3) is 3.80. The SMILES string of the molecule is Cc1nccn1-c1ccc(NC(=O)Cn2ncc(N3CCCC3)cc2=O)cc1. The van der Waals surface area contributed by atoms with Gasteiger partial charge in [0.25, 0.3) is 5.56 Å². The van der Waals surface area contributed by atoms with Crippen LogP contribution in [0.1, 0.15) is 18.7 Å². The zero-order valence-corrected chi connectivity index (χ0v) is 15.7. The van der Waals surface area contributed by atoms with Crippen molar-refractivity contribution < 1.29 is 4.79 Å². The summed E-state index contributed by atoms with van der Waals surface area (Å²) < 4.78 is 3.13. The summed E-state index contributed by atoms with van der Waals surface area (Å²) in [4.78, 5) is 30.9. The zero-order valence-electron chi connectivity index (χ0n) is 15.7. The minimum atomic E-state index is -0.296. The summed E-state index contributed by atoms with van der Waals surface area (Å²) >= 11 is 0. The van der Waals surface area contributed by atoms with Gasteiger partial charge in [0.2, 0.25) is 5.91 Å². The molecular formula is C20H22N6O2. The number of aromatic nitrogens is 4. The van der Waals surface area contributed by atoms with Gasteiger partial charge in [-0.3, -0.25) is 9.59 Å². The van der Waals surface area contributed by atoms with Crippen molar-refractivity contribution in [1.29, 1.82) is 0 Å². The molecule has 0 bridgehead atoms. The Morgan fingerprint density at radius 1 is 1.14 bits per heavy atom. The minimum Gasteiger partial charge on any atom is -0.370 e. The van der Waals surface area contributed by atoms with Crippen LogP contribution in [0.2, 0.25) is 0 Å². The number of carbonyl (C=O) groups excluding carboxylic acids is 1. The number of hydrogen-bond donors (Lipinski definition) is 1. The predicted octanol–water partition coefficient (Wildman–Crippen LogP) is 1.98. The molecule has 1 aliphatic rings. The molecule has 8 nitrogen and oxygen atoms in total. The predicted molar refractivity (Wildman–Crippen MR) is 107 cm³/mol. The molecule has 28 heavy (non-hydrogen) atoms. The summed E-state index contributed by atoms with van der Waals surface area (Å²) in [7, 11) is 0. The lowest BCUT2D eigenvalue weighted by Gasteiger charge is -2.17. The molecule has 1 amide bonds. The standard InChI is InChI=1S/C20H22N6O2/c1-15-21-8-11-25(15)17-6-4-16(5-7-17)23-19(27)14-26-20(28)12-18(13-22-26)24-9-2-3-10-24/h4-8,11-13H,2-3,9-10,14H2,1H3,(H,23,27). The lowest BCUT2D eigenvalue weighted by atomic mass is 10.2. The van der Waals surface area contributed by atoms with Crippen LogP contribution in [0.25, 0.3) is 5.69 Å². The van der Waals surface area contributed by atoms with E-state index in [2.05, 4.69) is 20.3 Å². The smallest absolute Gasteiger partial charge is 0.269 e. The highest BCUT2D eigenvalue weighted by Gasteiger charge is 2.14. The van der Waals surface area contributed by atoms with Crippen LogP contribution in [-0.2, 0) is 11.3 Å². The number of anilines is 2. The van der Waals surface area contributed by atoms with E-state index in [1.165, 1.54) is 4.68 Å². The molecule has 0 unspecified atom stereocenters. The van der Waals surface area contributed by atoms with Crippen molar-refractivity contribution in [3.05, 3.63) is 65.1 Å². The minimum absolute atomic E-state index is 0.124. The fourth-order valence-electron chi connectivity index (χ4n) is 3.38. The summed E-state index contributed by atoms with van der Waals surface area (Å²) in [5.41, 5.74) is 2.17. The average Bonchev–Trinajstić information content (AvgIpc) is 3.36. The van der Waals surface area contributed by atoms with E-state index in [0.29, 0.717) is 5.69 Å². The average molecular weight is 378 g/mol. The third-order valence-electron chi connectivity index (χ3n) is 4.87. The first-order chi connectivity index (χ1) is 13.6. The van der Waals surface area contributed by atoms with Crippen LogP contribution >= 0.6 is 0 Å². The number of nitrogens with zero attached hydrogens (tertiary/aromatic N) is 5. The zero-order chi connectivity index (χ0) is 19.5. The van der Waals surface area contributed by atoms with Crippen LogP contribution in [0.3, 0.4) is 0 Å². The van der Waals surface area contributed by atoms with E-state index in [0.717, 1.165) is 43.1 Å². The Bertz CT molecular complexity index is 1030. The van der Waals surface area contributed by atoms with Crippen molar-refractivity contribution in [2.24, 2.45) is 0 Å². The van der Waals surface area contributed by atoms with Gasteiger partial charge in [0.15, 0.2) is 0 Å². The second-order valence-electron chi connectivity index (χ2n) is 6.84. The van der Waals surface area contributed by atoms with Crippen molar-refractivity contribution in [2.45, 2.75) is 26.3 Å². The Kier molecular flexibility index (Phi) is 4.92. The number of rotatable bonds is 5. The summed E-state index contributed by atoms with van der Waals surface area (Å²) in [6.07, 6.45) is 7.54. The number of carbonyl (C=O) groups is 1. The molecule has 3 heterocycles. The van der Waals surface area contributed by atoms with Gasteiger partial charge in [-0.15, -0.1) is 0 Å². The van der Waals surface area contributed by atoms with Gasteiger partial charge in [-0.25, -0.2) is 9.67 Å². The highest BCUT2D eigenvalue weighted by molar-refractivity contribution is 5.90. The van der Waals surface area contributed by atoms with Gasteiger partial charge in [0.1, 0.15) is 12.4 Å². The van der Waals surface area contributed by atoms with Gasteiger partial charge < -0.3 is 14.8 Å². The Morgan fingerprint density at radius 2 is 1.89 bits per heavy atom. The van der Waals surface area contributed by atoms with Crippen LogP contribution in [0.5, 0.6) is 0 Å². The van der Waals surface area contributed by atoms with E-state index in [4.69, 9.17) is 0 Å². The van der Waals surface area contributed by atoms with Gasteiger partial charge >= 0.3 is 0 Å². The quantitative estimate of drug-likeness (QED) is 0.734. The van der Waals surface area contributed by atoms with Crippen molar-refractivity contribution >= 4 is 17.3 Å². The maximum Gasteiger partial charge on any atom is 0.269 e. The van der Waals surface area contributed by atoms with Crippen LogP contribution < -0.4 is 15.8 Å². The van der Waals surface area contributed by atoms with E-state index in [-0.39, 0.29) is 18.0 Å². The maximum atomic E-state index is 12.3. The summed E-state index contributed by atoms with van der Waals surface area (Å²) in [5, 5.41) is 6.95.